The van der Waals surface area contributed by atoms with Crippen LogP contribution in [0.4, 0.5) is 5.69 Å². The molecule has 192 valence electrons. The minimum atomic E-state index is -1.28. The van der Waals surface area contributed by atoms with Crippen LogP contribution in [-0.4, -0.2) is 44.7 Å². The third-order valence-corrected chi connectivity index (χ3v) is 9.89. The summed E-state index contributed by atoms with van der Waals surface area (Å²) < 4.78 is 6.08. The summed E-state index contributed by atoms with van der Waals surface area (Å²) in [5, 5.41) is 1.18. The van der Waals surface area contributed by atoms with Gasteiger partial charge in [-0.15, -0.1) is 0 Å². The number of halogens is 2. The van der Waals surface area contributed by atoms with Gasteiger partial charge in [0, 0.05) is 49.2 Å². The van der Waals surface area contributed by atoms with Crippen molar-refractivity contribution in [3.63, 3.8) is 0 Å². The number of nitrogens with zero attached hydrogens (tertiary/aromatic N) is 2. The Bertz CT molecular complexity index is 1180. The van der Waals surface area contributed by atoms with Crippen LogP contribution in [0.15, 0.2) is 42.5 Å². The maximum atomic E-state index is 14.7. The van der Waals surface area contributed by atoms with Gasteiger partial charge in [0.25, 0.3) is 5.91 Å². The zero-order valence-corrected chi connectivity index (χ0v) is 23.7. The van der Waals surface area contributed by atoms with Gasteiger partial charge < -0.3 is 9.64 Å². The number of hydrogen-bond acceptors (Lipinski definition) is 3. The quantitative estimate of drug-likeness (QED) is 0.275. The molecular weight excluding hydrogens is 511 g/mol. The van der Waals surface area contributed by atoms with Crippen molar-refractivity contribution in [3.05, 3.63) is 63.6 Å². The van der Waals surface area contributed by atoms with Crippen molar-refractivity contribution in [2.75, 3.05) is 24.8 Å². The van der Waals surface area contributed by atoms with Gasteiger partial charge in [0.15, 0.2) is 5.54 Å². The van der Waals surface area contributed by atoms with Gasteiger partial charge in [-0.05, 0) is 61.1 Å². The lowest BCUT2D eigenvalue weighted by atomic mass is 9.69. The molecule has 2 aromatic carbocycles. The molecule has 0 N–H and O–H groups in total. The largest absolute Gasteiger partial charge is 0.361 e. The molecule has 1 aliphatic carbocycles. The second-order valence-corrected chi connectivity index (χ2v) is 18.1. The predicted octanol–water partition coefficient (Wildman–Crippen LogP) is 6.66. The number of amides is 2. The number of piperidine rings is 1. The standard InChI is InChI=1S/C28H34Cl2N2O3Si/c1-36(2,3)14-13-35-18-31-25-16-22(30)9-10-24(25)28(27(31)34)23(20-5-4-6-21(29)15-20)11-12-26(33)32(28)17-19-7-8-19/h4-6,9-10,15-16,19,23H,7-8,11-14,17-18H2,1-3H3. The molecule has 2 heterocycles. The number of carbonyl (C=O) groups is 2. The van der Waals surface area contributed by atoms with Crippen LogP contribution in [0, 0.1) is 5.92 Å². The van der Waals surface area contributed by atoms with E-state index in [2.05, 4.69) is 19.6 Å². The van der Waals surface area contributed by atoms with Gasteiger partial charge in [-0.25, -0.2) is 0 Å². The van der Waals surface area contributed by atoms with Crippen molar-refractivity contribution < 1.29 is 14.3 Å². The molecule has 2 aliphatic heterocycles. The number of carbonyl (C=O) groups excluding carboxylic acids is 2. The van der Waals surface area contributed by atoms with E-state index in [-0.39, 0.29) is 24.5 Å². The Morgan fingerprint density at radius 3 is 2.47 bits per heavy atom. The molecule has 36 heavy (non-hydrogen) atoms. The average Bonchev–Trinajstić information content (AvgIpc) is 3.60. The minimum Gasteiger partial charge on any atom is -0.361 e. The summed E-state index contributed by atoms with van der Waals surface area (Å²) in [5.41, 5.74) is 1.42. The molecule has 3 aliphatic rings. The normalized spacial score (nSPS) is 24.1. The number of fused-ring (bicyclic) bond motifs is 2. The van der Waals surface area contributed by atoms with E-state index in [1.807, 2.05) is 47.4 Å². The molecule has 1 saturated carbocycles. The third kappa shape index (κ3) is 4.73. The van der Waals surface area contributed by atoms with Gasteiger partial charge in [0.2, 0.25) is 5.91 Å². The maximum Gasteiger partial charge on any atom is 0.260 e. The van der Waals surface area contributed by atoms with E-state index in [0.717, 1.165) is 35.7 Å². The van der Waals surface area contributed by atoms with Gasteiger partial charge in [0.1, 0.15) is 6.73 Å². The summed E-state index contributed by atoms with van der Waals surface area (Å²) in [5.74, 6) is 0.156. The first-order chi connectivity index (χ1) is 17.1. The molecule has 2 atom stereocenters. The summed E-state index contributed by atoms with van der Waals surface area (Å²) in [7, 11) is -1.28. The van der Waals surface area contributed by atoms with Gasteiger partial charge in [-0.3, -0.25) is 14.5 Å². The molecule has 2 unspecified atom stereocenters. The van der Waals surface area contributed by atoms with Crippen LogP contribution in [0.1, 0.15) is 42.7 Å². The first kappa shape index (κ1) is 25.8. The van der Waals surface area contributed by atoms with E-state index in [9.17, 15) is 9.59 Å². The highest BCUT2D eigenvalue weighted by atomic mass is 35.5. The smallest absolute Gasteiger partial charge is 0.260 e. The molecule has 0 aromatic heterocycles. The van der Waals surface area contributed by atoms with Crippen molar-refractivity contribution in [1.82, 2.24) is 4.90 Å². The van der Waals surface area contributed by atoms with E-state index in [4.69, 9.17) is 27.9 Å². The molecular formula is C28H34Cl2N2O3Si. The molecule has 5 rings (SSSR count). The Balaban J connectivity index is 1.61. The highest BCUT2D eigenvalue weighted by Gasteiger charge is 2.63. The summed E-state index contributed by atoms with van der Waals surface area (Å²) in [6.45, 7) is 8.26. The van der Waals surface area contributed by atoms with Gasteiger partial charge >= 0.3 is 0 Å². The van der Waals surface area contributed by atoms with Crippen LogP contribution in [-0.2, 0) is 19.9 Å². The Morgan fingerprint density at radius 1 is 1.03 bits per heavy atom. The van der Waals surface area contributed by atoms with Crippen molar-refractivity contribution >= 4 is 48.8 Å². The molecule has 5 nitrogen and oxygen atoms in total. The fourth-order valence-electron chi connectivity index (χ4n) is 5.67. The van der Waals surface area contributed by atoms with E-state index >= 15 is 0 Å². The molecule has 1 saturated heterocycles. The zero-order valence-electron chi connectivity index (χ0n) is 21.2. The van der Waals surface area contributed by atoms with Crippen LogP contribution in [0.2, 0.25) is 35.7 Å². The molecule has 0 radical (unpaired) electrons. The summed E-state index contributed by atoms with van der Waals surface area (Å²) >= 11 is 12.9. The fraction of sp³-hybridized carbons (Fsp3) is 0.500. The first-order valence-electron chi connectivity index (χ1n) is 12.9. The first-order valence-corrected chi connectivity index (χ1v) is 17.3. The van der Waals surface area contributed by atoms with E-state index in [1.165, 1.54) is 0 Å². The number of anilines is 1. The van der Waals surface area contributed by atoms with Crippen LogP contribution in [0.5, 0.6) is 0 Å². The number of ether oxygens (including phenoxy) is 1. The maximum absolute atomic E-state index is 14.7. The van der Waals surface area contributed by atoms with Crippen LogP contribution in [0.25, 0.3) is 0 Å². The zero-order chi connectivity index (χ0) is 25.7. The van der Waals surface area contributed by atoms with Gasteiger partial charge in [0.05, 0.1) is 5.69 Å². The SMILES string of the molecule is C[Si](C)(C)CCOCN1C(=O)C2(c3ccc(Cl)cc31)C(c1cccc(Cl)c1)CCC(=O)N2CC1CC1. The molecule has 0 bridgehead atoms. The highest BCUT2D eigenvalue weighted by Crippen LogP contribution is 2.57. The lowest BCUT2D eigenvalue weighted by Crippen LogP contribution is -2.61. The number of rotatable bonds is 8. The molecule has 1 spiro atoms. The summed E-state index contributed by atoms with van der Waals surface area (Å²) in [4.78, 5) is 31.8. The second-order valence-electron chi connectivity index (χ2n) is 11.6. The fourth-order valence-corrected chi connectivity index (χ4v) is 6.79. The Kier molecular flexibility index (Phi) is 7.01. The predicted molar refractivity (Wildman–Crippen MR) is 147 cm³/mol. The van der Waals surface area contributed by atoms with Crippen LogP contribution >= 0.6 is 23.2 Å². The van der Waals surface area contributed by atoms with Gasteiger partial charge in [-0.1, -0.05) is 61.0 Å². The van der Waals surface area contributed by atoms with Crippen LogP contribution < -0.4 is 4.90 Å². The average molecular weight is 546 g/mol. The lowest BCUT2D eigenvalue weighted by molar-refractivity contribution is -0.154. The molecule has 2 aromatic rings. The van der Waals surface area contributed by atoms with Crippen LogP contribution in [0.3, 0.4) is 0 Å². The number of benzene rings is 2. The summed E-state index contributed by atoms with van der Waals surface area (Å²) in [6.07, 6.45) is 3.17. The van der Waals surface area contributed by atoms with E-state index < -0.39 is 13.6 Å². The van der Waals surface area contributed by atoms with Crippen molar-refractivity contribution in [1.29, 1.82) is 0 Å². The van der Waals surface area contributed by atoms with Gasteiger partial charge in [-0.2, -0.15) is 0 Å². The van der Waals surface area contributed by atoms with Crippen molar-refractivity contribution in [2.45, 2.75) is 62.8 Å². The highest BCUT2D eigenvalue weighted by molar-refractivity contribution is 6.76. The monoisotopic (exact) mass is 544 g/mol. The van der Waals surface area contributed by atoms with Crippen molar-refractivity contribution in [2.24, 2.45) is 5.92 Å². The number of hydrogen-bond donors (Lipinski definition) is 0. The second kappa shape index (κ2) is 9.79. The topological polar surface area (TPSA) is 49.9 Å². The summed E-state index contributed by atoms with van der Waals surface area (Å²) in [6, 6.07) is 14.4. The number of likely N-dealkylation sites (tertiary alicyclic amines) is 1. The van der Waals surface area contributed by atoms with E-state index in [0.29, 0.717) is 42.0 Å². The van der Waals surface area contributed by atoms with Crippen molar-refractivity contribution in [3.8, 4) is 0 Å². The lowest BCUT2D eigenvalue weighted by Gasteiger charge is -2.49. The van der Waals surface area contributed by atoms with E-state index in [1.54, 1.807) is 4.90 Å². The Hall–Kier alpha value is -1.86. The third-order valence-electron chi connectivity index (χ3n) is 7.72. The Labute approximate surface area is 224 Å². The molecule has 8 heteroatoms. The molecule has 2 fully saturated rings. The Morgan fingerprint density at radius 2 is 1.78 bits per heavy atom. The molecule has 2 amide bonds. The minimum absolute atomic E-state index is 0.0379.